The first-order valence-electron chi connectivity index (χ1n) is 9.83. The second kappa shape index (κ2) is 10.8. The van der Waals surface area contributed by atoms with E-state index in [2.05, 4.69) is 36.9 Å². The van der Waals surface area contributed by atoms with Crippen molar-refractivity contribution in [3.63, 3.8) is 0 Å². The lowest BCUT2D eigenvalue weighted by molar-refractivity contribution is -0.118. The summed E-state index contributed by atoms with van der Waals surface area (Å²) in [5.41, 5.74) is 4.29. The van der Waals surface area contributed by atoms with Gasteiger partial charge < -0.3 is 9.64 Å². The molecule has 0 saturated carbocycles. The van der Waals surface area contributed by atoms with Crippen molar-refractivity contribution in [2.24, 2.45) is 0 Å². The molecule has 0 bridgehead atoms. The van der Waals surface area contributed by atoms with E-state index in [-0.39, 0.29) is 18.3 Å². The highest BCUT2D eigenvalue weighted by molar-refractivity contribution is 7.22. The number of thiazole rings is 1. The Labute approximate surface area is 189 Å². The Balaban J connectivity index is 0.00000320. The number of methoxy groups -OCH3 is 1. The molecule has 1 heterocycles. The number of anilines is 1. The molecular formula is C23H30ClN3O2S. The molecule has 0 spiro atoms. The molecule has 3 rings (SSSR count). The second-order valence-electron chi connectivity index (χ2n) is 7.64. The number of hydrogen-bond donors (Lipinski definition) is 0. The second-order valence-corrected chi connectivity index (χ2v) is 8.65. The summed E-state index contributed by atoms with van der Waals surface area (Å²) >= 11 is 1.54. The molecule has 30 heavy (non-hydrogen) atoms. The molecule has 7 heteroatoms. The van der Waals surface area contributed by atoms with Crippen molar-refractivity contribution in [1.82, 2.24) is 9.88 Å². The van der Waals surface area contributed by atoms with Crippen LogP contribution in [0.25, 0.3) is 10.2 Å². The maximum absolute atomic E-state index is 13.3. The first-order chi connectivity index (χ1) is 13.9. The first-order valence-corrected chi connectivity index (χ1v) is 10.6. The third kappa shape index (κ3) is 5.94. The third-order valence-electron chi connectivity index (χ3n) is 4.95. The molecule has 0 aliphatic rings. The number of benzene rings is 2. The summed E-state index contributed by atoms with van der Waals surface area (Å²) in [5.74, 6) is 0.886. The molecule has 162 valence electrons. The molecule has 0 aliphatic carbocycles. The number of fused-ring (bicyclic) bond motifs is 1. The molecular weight excluding hydrogens is 418 g/mol. The molecule has 0 saturated heterocycles. The van der Waals surface area contributed by atoms with Crippen LogP contribution in [0.4, 0.5) is 5.13 Å². The van der Waals surface area contributed by atoms with Gasteiger partial charge in [0.25, 0.3) is 0 Å². The smallest absolute Gasteiger partial charge is 0.233 e. The Morgan fingerprint density at radius 2 is 1.87 bits per heavy atom. The zero-order valence-corrected chi connectivity index (χ0v) is 19.9. The minimum absolute atomic E-state index is 0. The predicted molar refractivity (Wildman–Crippen MR) is 129 cm³/mol. The van der Waals surface area contributed by atoms with Gasteiger partial charge in [-0.05, 0) is 70.2 Å². The molecule has 0 unspecified atom stereocenters. The van der Waals surface area contributed by atoms with Crippen LogP contribution in [0.2, 0.25) is 0 Å². The topological polar surface area (TPSA) is 45.7 Å². The third-order valence-corrected chi connectivity index (χ3v) is 5.99. The molecule has 1 amide bonds. The lowest BCUT2D eigenvalue weighted by Gasteiger charge is -2.21. The average molecular weight is 448 g/mol. The summed E-state index contributed by atoms with van der Waals surface area (Å²) in [6.07, 6.45) is 1.28. The van der Waals surface area contributed by atoms with Crippen LogP contribution < -0.4 is 9.64 Å². The summed E-state index contributed by atoms with van der Waals surface area (Å²) in [6, 6.07) is 12.1. The Kier molecular flexibility index (Phi) is 8.65. The van der Waals surface area contributed by atoms with E-state index in [0.717, 1.165) is 45.2 Å². The minimum atomic E-state index is 0. The van der Waals surface area contributed by atoms with E-state index in [4.69, 9.17) is 9.72 Å². The zero-order chi connectivity index (χ0) is 21.0. The van der Waals surface area contributed by atoms with Crippen LogP contribution in [-0.4, -0.2) is 50.1 Å². The number of carbonyl (C=O) groups is 1. The van der Waals surface area contributed by atoms with Crippen molar-refractivity contribution in [3.05, 3.63) is 53.1 Å². The van der Waals surface area contributed by atoms with Crippen molar-refractivity contribution in [3.8, 4) is 5.75 Å². The highest BCUT2D eigenvalue weighted by atomic mass is 35.5. The lowest BCUT2D eigenvalue weighted by atomic mass is 10.0. The van der Waals surface area contributed by atoms with Gasteiger partial charge in [0.1, 0.15) is 5.75 Å². The molecule has 0 atom stereocenters. The molecule has 0 aliphatic heterocycles. The monoisotopic (exact) mass is 447 g/mol. The van der Waals surface area contributed by atoms with E-state index in [1.807, 2.05) is 37.2 Å². The molecule has 0 fully saturated rings. The Bertz CT molecular complexity index is 1000. The van der Waals surface area contributed by atoms with E-state index >= 15 is 0 Å². The van der Waals surface area contributed by atoms with Crippen LogP contribution in [-0.2, 0) is 11.2 Å². The quantitative estimate of drug-likeness (QED) is 0.494. The maximum atomic E-state index is 13.3. The fraction of sp³-hybridized carbons (Fsp3) is 0.391. The van der Waals surface area contributed by atoms with Crippen molar-refractivity contribution < 1.29 is 9.53 Å². The standard InChI is InChI=1S/C23H29N3O2S.ClH/c1-16-7-8-17(2)18(13-16)14-22(27)26(12-6-11-25(3)4)23-24-20-10-9-19(28-5)15-21(20)29-23;/h7-10,13,15H,6,11-12,14H2,1-5H3;1H. The summed E-state index contributed by atoms with van der Waals surface area (Å²) in [4.78, 5) is 22.0. The normalized spacial score (nSPS) is 10.9. The van der Waals surface area contributed by atoms with Crippen LogP contribution in [0.5, 0.6) is 5.75 Å². The van der Waals surface area contributed by atoms with Gasteiger partial charge in [-0.25, -0.2) is 4.98 Å². The van der Waals surface area contributed by atoms with E-state index in [9.17, 15) is 4.79 Å². The van der Waals surface area contributed by atoms with Gasteiger partial charge in [0.15, 0.2) is 5.13 Å². The predicted octanol–water partition coefficient (Wildman–Crippen LogP) is 4.87. The van der Waals surface area contributed by atoms with Gasteiger partial charge in [-0.3, -0.25) is 9.69 Å². The summed E-state index contributed by atoms with van der Waals surface area (Å²) in [5, 5.41) is 0.752. The molecule has 0 radical (unpaired) electrons. The number of nitrogens with zero attached hydrogens (tertiary/aromatic N) is 3. The van der Waals surface area contributed by atoms with Gasteiger partial charge in [0, 0.05) is 6.54 Å². The Morgan fingerprint density at radius 1 is 1.10 bits per heavy atom. The van der Waals surface area contributed by atoms with Crippen LogP contribution >= 0.6 is 23.7 Å². The average Bonchev–Trinajstić information content (AvgIpc) is 3.10. The van der Waals surface area contributed by atoms with Gasteiger partial charge in [-0.1, -0.05) is 35.1 Å². The van der Waals surface area contributed by atoms with Gasteiger partial charge in [0.2, 0.25) is 5.91 Å². The van der Waals surface area contributed by atoms with E-state index in [1.165, 1.54) is 5.56 Å². The molecule has 5 nitrogen and oxygen atoms in total. The number of rotatable bonds is 8. The van der Waals surface area contributed by atoms with Gasteiger partial charge in [-0.15, -0.1) is 12.4 Å². The SMILES string of the molecule is COc1ccc2nc(N(CCCN(C)C)C(=O)Cc3cc(C)ccc3C)sc2c1.Cl. The largest absolute Gasteiger partial charge is 0.497 e. The van der Waals surface area contributed by atoms with E-state index < -0.39 is 0 Å². The summed E-state index contributed by atoms with van der Waals surface area (Å²) in [6.45, 7) is 5.69. The summed E-state index contributed by atoms with van der Waals surface area (Å²) in [7, 11) is 5.75. The molecule has 3 aromatic rings. The lowest BCUT2D eigenvalue weighted by Crippen LogP contribution is -2.34. The van der Waals surface area contributed by atoms with Gasteiger partial charge in [-0.2, -0.15) is 0 Å². The fourth-order valence-corrected chi connectivity index (χ4v) is 4.29. The number of amides is 1. The van der Waals surface area contributed by atoms with E-state index in [1.54, 1.807) is 18.4 Å². The zero-order valence-electron chi connectivity index (χ0n) is 18.3. The number of aromatic nitrogens is 1. The molecule has 1 aromatic heterocycles. The van der Waals surface area contributed by atoms with Crippen LogP contribution in [0, 0.1) is 13.8 Å². The molecule has 2 aromatic carbocycles. The number of ether oxygens (including phenoxy) is 1. The maximum Gasteiger partial charge on any atom is 0.233 e. The van der Waals surface area contributed by atoms with Gasteiger partial charge in [0.05, 0.1) is 23.7 Å². The highest BCUT2D eigenvalue weighted by Gasteiger charge is 2.21. The van der Waals surface area contributed by atoms with Gasteiger partial charge >= 0.3 is 0 Å². The number of hydrogen-bond acceptors (Lipinski definition) is 5. The van der Waals surface area contributed by atoms with Crippen molar-refractivity contribution in [2.75, 3.05) is 39.2 Å². The molecule has 0 N–H and O–H groups in total. The number of halogens is 1. The van der Waals surface area contributed by atoms with Crippen LogP contribution in [0.1, 0.15) is 23.1 Å². The van der Waals surface area contributed by atoms with E-state index in [0.29, 0.717) is 13.0 Å². The van der Waals surface area contributed by atoms with Crippen molar-refractivity contribution in [2.45, 2.75) is 26.7 Å². The van der Waals surface area contributed by atoms with Crippen molar-refractivity contribution in [1.29, 1.82) is 0 Å². The number of aryl methyl sites for hydroxylation is 2. The Hall–Kier alpha value is -2.15. The summed E-state index contributed by atoms with van der Waals surface area (Å²) < 4.78 is 6.35. The fourth-order valence-electron chi connectivity index (χ4n) is 3.26. The van der Waals surface area contributed by atoms with Crippen LogP contribution in [0.3, 0.4) is 0 Å². The number of carbonyl (C=O) groups excluding carboxylic acids is 1. The Morgan fingerprint density at radius 3 is 2.57 bits per heavy atom. The first kappa shape index (κ1) is 24.1. The van der Waals surface area contributed by atoms with Crippen LogP contribution in [0.15, 0.2) is 36.4 Å². The highest BCUT2D eigenvalue weighted by Crippen LogP contribution is 2.32. The van der Waals surface area contributed by atoms with Crippen molar-refractivity contribution >= 4 is 45.0 Å². The minimum Gasteiger partial charge on any atom is -0.497 e.